The zero-order chi connectivity index (χ0) is 13.9. The molecule has 0 aliphatic carbocycles. The van der Waals surface area contributed by atoms with E-state index in [1.165, 1.54) is 12.1 Å². The molecule has 0 saturated carbocycles. The van der Waals surface area contributed by atoms with Gasteiger partial charge in [-0.05, 0) is 24.3 Å². The minimum atomic E-state index is -0.289. The summed E-state index contributed by atoms with van der Waals surface area (Å²) in [6.45, 7) is 0. The summed E-state index contributed by atoms with van der Waals surface area (Å²) in [5.74, 6) is 0.526. The van der Waals surface area contributed by atoms with Crippen LogP contribution in [0.2, 0.25) is 5.02 Å². The van der Waals surface area contributed by atoms with Crippen molar-refractivity contribution in [1.29, 1.82) is 0 Å². The van der Waals surface area contributed by atoms with Gasteiger partial charge in [-0.25, -0.2) is 9.37 Å². The second-order valence-corrected chi connectivity index (χ2v) is 5.24. The van der Waals surface area contributed by atoms with Gasteiger partial charge in [-0.2, -0.15) is 0 Å². The van der Waals surface area contributed by atoms with Gasteiger partial charge in [0.1, 0.15) is 11.6 Å². The summed E-state index contributed by atoms with van der Waals surface area (Å²) >= 11 is 6.52. The summed E-state index contributed by atoms with van der Waals surface area (Å²) in [6, 6.07) is 12.5. The summed E-state index contributed by atoms with van der Waals surface area (Å²) in [5, 5.41) is 2.26. The van der Waals surface area contributed by atoms with E-state index in [1.54, 1.807) is 6.07 Å². The van der Waals surface area contributed by atoms with E-state index in [0.29, 0.717) is 10.4 Å². The Kier molecular flexibility index (Phi) is 2.30. The zero-order valence-electron chi connectivity index (χ0n) is 10.7. The summed E-state index contributed by atoms with van der Waals surface area (Å²) in [6.07, 6.45) is 0. The van der Waals surface area contributed by atoms with Crippen molar-refractivity contribution in [3.05, 3.63) is 53.3 Å². The van der Waals surface area contributed by atoms with Crippen LogP contribution in [0.1, 0.15) is 0 Å². The molecular weight excluding hydrogens is 275 g/mol. The molecule has 2 aliphatic heterocycles. The lowest BCUT2D eigenvalue weighted by molar-refractivity contribution is 0.629. The fourth-order valence-electron chi connectivity index (χ4n) is 2.76. The smallest absolute Gasteiger partial charge is 0.142 e. The number of hydrogen-bond donors (Lipinski definition) is 0. The number of aromatic nitrogens is 2. The van der Waals surface area contributed by atoms with Crippen LogP contribution in [0.25, 0.3) is 33.2 Å². The van der Waals surface area contributed by atoms with Crippen LogP contribution >= 0.6 is 11.6 Å². The van der Waals surface area contributed by atoms with Crippen LogP contribution in [-0.4, -0.2) is 9.55 Å². The van der Waals surface area contributed by atoms with Crippen LogP contribution in [-0.2, 0) is 7.05 Å². The number of hydrogen-bond acceptors (Lipinski definition) is 1. The molecular formula is C16H10ClFN2. The Balaban J connectivity index is 2.33. The van der Waals surface area contributed by atoms with Crippen molar-refractivity contribution in [3.8, 4) is 11.4 Å². The Labute approximate surface area is 119 Å². The molecule has 20 heavy (non-hydrogen) atoms. The Morgan fingerprint density at radius 2 is 1.90 bits per heavy atom. The monoisotopic (exact) mass is 284 g/mol. The average Bonchev–Trinajstić information content (AvgIpc) is 2.84. The molecule has 2 aromatic rings. The molecule has 2 aliphatic rings. The van der Waals surface area contributed by atoms with E-state index in [4.69, 9.17) is 11.6 Å². The summed E-state index contributed by atoms with van der Waals surface area (Å²) in [5.41, 5.74) is 2.64. The van der Waals surface area contributed by atoms with E-state index >= 15 is 0 Å². The first kappa shape index (κ1) is 11.7. The molecule has 0 amide bonds. The summed E-state index contributed by atoms with van der Waals surface area (Å²) in [7, 11) is 1.92. The second kappa shape index (κ2) is 3.93. The fraction of sp³-hybridized carbons (Fsp3) is 0.0625. The van der Waals surface area contributed by atoms with Crippen molar-refractivity contribution < 1.29 is 4.39 Å². The van der Waals surface area contributed by atoms with Crippen LogP contribution in [0, 0.1) is 5.82 Å². The SMILES string of the molecule is Cn1c2nc3ccccc3c-2c(Cl)c2cc(F)ccc21. The van der Waals surface area contributed by atoms with Crippen molar-refractivity contribution in [1.82, 2.24) is 9.55 Å². The third kappa shape index (κ3) is 1.41. The maximum absolute atomic E-state index is 13.5. The number of halogens is 2. The first-order valence-corrected chi connectivity index (χ1v) is 6.66. The Hall–Kier alpha value is -2.13. The highest BCUT2D eigenvalue weighted by molar-refractivity contribution is 6.39. The van der Waals surface area contributed by atoms with Crippen molar-refractivity contribution in [2.75, 3.05) is 0 Å². The maximum atomic E-state index is 13.5. The maximum Gasteiger partial charge on any atom is 0.142 e. The van der Waals surface area contributed by atoms with Crippen molar-refractivity contribution in [3.63, 3.8) is 0 Å². The molecule has 0 N–H and O–H groups in total. The predicted molar refractivity (Wildman–Crippen MR) is 79.8 cm³/mol. The molecule has 0 aromatic heterocycles. The molecule has 98 valence electrons. The van der Waals surface area contributed by atoms with Gasteiger partial charge in [0.25, 0.3) is 0 Å². The molecule has 0 fully saturated rings. The molecule has 0 bridgehead atoms. The lowest BCUT2D eigenvalue weighted by Gasteiger charge is -2.14. The minimum Gasteiger partial charge on any atom is -0.328 e. The van der Waals surface area contributed by atoms with Crippen molar-refractivity contribution >= 4 is 33.4 Å². The number of aryl methyl sites for hydroxylation is 1. The van der Waals surface area contributed by atoms with Crippen LogP contribution in [0.3, 0.4) is 0 Å². The molecule has 0 atom stereocenters. The molecule has 4 rings (SSSR count). The highest BCUT2D eigenvalue weighted by atomic mass is 35.5. The zero-order valence-corrected chi connectivity index (χ0v) is 11.4. The van der Waals surface area contributed by atoms with Gasteiger partial charge in [-0.1, -0.05) is 29.8 Å². The third-order valence-corrected chi connectivity index (χ3v) is 4.11. The quantitative estimate of drug-likeness (QED) is 0.460. The molecule has 2 aromatic carbocycles. The Morgan fingerprint density at radius 1 is 1.10 bits per heavy atom. The van der Waals surface area contributed by atoms with E-state index in [1.807, 2.05) is 35.9 Å². The van der Waals surface area contributed by atoms with Crippen molar-refractivity contribution in [2.45, 2.75) is 0 Å². The average molecular weight is 285 g/mol. The van der Waals surface area contributed by atoms with E-state index in [0.717, 1.165) is 27.8 Å². The molecule has 2 nitrogen and oxygen atoms in total. The van der Waals surface area contributed by atoms with Gasteiger partial charge in [-0.3, -0.25) is 0 Å². The summed E-state index contributed by atoms with van der Waals surface area (Å²) in [4.78, 5) is 4.63. The topological polar surface area (TPSA) is 17.8 Å². The van der Waals surface area contributed by atoms with Gasteiger partial charge in [0.05, 0.1) is 16.1 Å². The third-order valence-electron chi connectivity index (χ3n) is 3.72. The van der Waals surface area contributed by atoms with Gasteiger partial charge in [0, 0.05) is 23.4 Å². The lowest BCUT2D eigenvalue weighted by Crippen LogP contribution is -2.00. The number of pyridine rings is 1. The highest BCUT2D eigenvalue weighted by Crippen LogP contribution is 2.41. The number of rotatable bonds is 0. The second-order valence-electron chi connectivity index (χ2n) is 4.86. The van der Waals surface area contributed by atoms with Crippen LogP contribution in [0.4, 0.5) is 4.39 Å². The minimum absolute atomic E-state index is 0.289. The highest BCUT2D eigenvalue weighted by Gasteiger charge is 2.21. The van der Waals surface area contributed by atoms with Gasteiger partial charge in [0.15, 0.2) is 0 Å². The number of para-hydroxylation sites is 1. The predicted octanol–water partition coefficient (Wildman–Crippen LogP) is 4.62. The molecule has 2 heterocycles. The largest absolute Gasteiger partial charge is 0.328 e. The first-order valence-electron chi connectivity index (χ1n) is 6.28. The van der Waals surface area contributed by atoms with Crippen LogP contribution in [0.15, 0.2) is 42.5 Å². The van der Waals surface area contributed by atoms with Gasteiger partial charge in [0.2, 0.25) is 0 Å². The Morgan fingerprint density at radius 3 is 2.75 bits per heavy atom. The number of nitrogens with zero attached hydrogens (tertiary/aromatic N) is 2. The van der Waals surface area contributed by atoms with Gasteiger partial charge in [-0.15, -0.1) is 0 Å². The fourth-order valence-corrected chi connectivity index (χ4v) is 3.10. The first-order chi connectivity index (χ1) is 9.66. The van der Waals surface area contributed by atoms with Crippen LogP contribution < -0.4 is 0 Å². The number of benzene rings is 2. The molecule has 0 radical (unpaired) electrons. The van der Waals surface area contributed by atoms with Crippen molar-refractivity contribution in [2.24, 2.45) is 7.05 Å². The molecule has 0 unspecified atom stereocenters. The van der Waals surface area contributed by atoms with E-state index < -0.39 is 0 Å². The molecule has 0 spiro atoms. The van der Waals surface area contributed by atoms with Gasteiger partial charge < -0.3 is 4.57 Å². The molecule has 4 heteroatoms. The van der Waals surface area contributed by atoms with Gasteiger partial charge >= 0.3 is 0 Å². The van der Waals surface area contributed by atoms with E-state index in [-0.39, 0.29) is 5.82 Å². The lowest BCUT2D eigenvalue weighted by atomic mass is 10.1. The van der Waals surface area contributed by atoms with Crippen LogP contribution in [0.5, 0.6) is 0 Å². The molecule has 0 saturated heterocycles. The number of fused-ring (bicyclic) bond motifs is 4. The normalized spacial score (nSPS) is 11.8. The standard InChI is InChI=1S/C16H10ClFN2/c1-20-13-7-6-9(18)8-11(13)15(17)14-10-4-2-3-5-12(10)19-16(14)20/h2-8H,1H3. The van der Waals surface area contributed by atoms with E-state index in [2.05, 4.69) is 4.98 Å². The Bertz CT molecular complexity index is 942. The summed E-state index contributed by atoms with van der Waals surface area (Å²) < 4.78 is 15.5. The van der Waals surface area contributed by atoms with E-state index in [9.17, 15) is 4.39 Å².